The number of benzene rings is 1. The quantitative estimate of drug-likeness (QED) is 0.641. The number of quaternary nitrogens is 1. The Labute approximate surface area is 138 Å². The molecule has 2 aromatic rings. The Balaban J connectivity index is 2.02. The first kappa shape index (κ1) is 16.1. The number of hydrogen-bond acceptors (Lipinski definition) is 2. The maximum absolute atomic E-state index is 11.8. The maximum atomic E-state index is 11.8. The van der Waals surface area contributed by atoms with Crippen molar-refractivity contribution in [3.63, 3.8) is 0 Å². The molecule has 0 bridgehead atoms. The standard InChI is InChI=1S/C19H27N2O2/c1-5-23-19(22)8-10-20-17-7-6-14(2)12-15(17)16-13-21(3,4)11-9-18(16)20/h6-7,12H,5,8-11,13H2,1-4H3/q+1. The van der Waals surface area contributed by atoms with E-state index in [1.807, 2.05) is 6.92 Å². The van der Waals surface area contributed by atoms with Crippen molar-refractivity contribution in [2.75, 3.05) is 27.2 Å². The molecule has 0 saturated heterocycles. The van der Waals surface area contributed by atoms with Crippen LogP contribution in [0, 0.1) is 6.92 Å². The largest absolute Gasteiger partial charge is 0.466 e. The van der Waals surface area contributed by atoms with Crippen molar-refractivity contribution >= 4 is 16.9 Å². The predicted molar refractivity (Wildman–Crippen MR) is 92.3 cm³/mol. The molecule has 3 rings (SSSR count). The van der Waals surface area contributed by atoms with E-state index in [0.29, 0.717) is 19.6 Å². The van der Waals surface area contributed by atoms with Crippen molar-refractivity contribution in [2.45, 2.75) is 39.8 Å². The smallest absolute Gasteiger partial charge is 0.307 e. The normalized spacial score (nSPS) is 16.3. The van der Waals surface area contributed by atoms with Gasteiger partial charge in [0.15, 0.2) is 0 Å². The van der Waals surface area contributed by atoms with E-state index >= 15 is 0 Å². The van der Waals surface area contributed by atoms with Crippen LogP contribution in [0.15, 0.2) is 18.2 Å². The van der Waals surface area contributed by atoms with E-state index in [2.05, 4.69) is 43.8 Å². The average molecular weight is 315 g/mol. The van der Waals surface area contributed by atoms with Crippen LogP contribution in [0.25, 0.3) is 10.9 Å². The molecule has 1 aromatic heterocycles. The van der Waals surface area contributed by atoms with Crippen LogP contribution in [-0.2, 0) is 29.0 Å². The summed E-state index contributed by atoms with van der Waals surface area (Å²) >= 11 is 0. The SMILES string of the molecule is CCOC(=O)CCn1c2c(c3cc(C)ccc31)C[N+](C)(C)CC2. The first-order valence-electron chi connectivity index (χ1n) is 8.49. The monoisotopic (exact) mass is 315 g/mol. The molecule has 1 aromatic carbocycles. The predicted octanol–water partition coefficient (Wildman–Crippen LogP) is 3.04. The van der Waals surface area contributed by atoms with Gasteiger partial charge in [-0.1, -0.05) is 11.6 Å². The third-order valence-electron chi connectivity index (χ3n) is 4.83. The fourth-order valence-corrected chi connectivity index (χ4v) is 3.66. The number of aromatic nitrogens is 1. The molecule has 2 heterocycles. The van der Waals surface area contributed by atoms with Crippen molar-refractivity contribution in [2.24, 2.45) is 0 Å². The second-order valence-electron chi connectivity index (χ2n) is 7.22. The Bertz CT molecular complexity index is 743. The van der Waals surface area contributed by atoms with E-state index in [4.69, 9.17) is 4.74 Å². The fraction of sp³-hybridized carbons (Fsp3) is 0.526. The Morgan fingerprint density at radius 3 is 2.87 bits per heavy atom. The van der Waals surface area contributed by atoms with Crippen LogP contribution in [0.1, 0.15) is 30.2 Å². The topological polar surface area (TPSA) is 31.2 Å². The molecule has 0 atom stereocenters. The van der Waals surface area contributed by atoms with Gasteiger partial charge in [-0.25, -0.2) is 0 Å². The van der Waals surface area contributed by atoms with Crippen molar-refractivity contribution in [3.05, 3.63) is 35.0 Å². The summed E-state index contributed by atoms with van der Waals surface area (Å²) in [5, 5.41) is 1.36. The van der Waals surface area contributed by atoms with Gasteiger partial charge in [0.1, 0.15) is 6.54 Å². The lowest BCUT2D eigenvalue weighted by molar-refractivity contribution is -0.905. The lowest BCUT2D eigenvalue weighted by Crippen LogP contribution is -2.43. The number of rotatable bonds is 4. The molecule has 0 amide bonds. The Morgan fingerprint density at radius 2 is 2.13 bits per heavy atom. The van der Waals surface area contributed by atoms with Crippen molar-refractivity contribution in [1.29, 1.82) is 0 Å². The summed E-state index contributed by atoms with van der Waals surface area (Å²) in [5.74, 6) is -0.109. The van der Waals surface area contributed by atoms with Crippen LogP contribution < -0.4 is 0 Å². The highest BCUT2D eigenvalue weighted by Crippen LogP contribution is 2.33. The van der Waals surface area contributed by atoms with Crippen LogP contribution in [0.2, 0.25) is 0 Å². The van der Waals surface area contributed by atoms with Gasteiger partial charge < -0.3 is 13.8 Å². The van der Waals surface area contributed by atoms with Gasteiger partial charge in [0, 0.05) is 35.1 Å². The zero-order chi connectivity index (χ0) is 16.6. The molecule has 1 aliphatic rings. The van der Waals surface area contributed by atoms with Crippen LogP contribution in [0.4, 0.5) is 0 Å². The highest BCUT2D eigenvalue weighted by molar-refractivity contribution is 5.86. The first-order valence-corrected chi connectivity index (χ1v) is 8.49. The minimum atomic E-state index is -0.109. The van der Waals surface area contributed by atoms with Gasteiger partial charge in [0.2, 0.25) is 0 Å². The van der Waals surface area contributed by atoms with E-state index < -0.39 is 0 Å². The van der Waals surface area contributed by atoms with Gasteiger partial charge in [0.05, 0.1) is 33.7 Å². The molecule has 4 heteroatoms. The average Bonchev–Trinajstić information content (AvgIpc) is 2.77. The maximum Gasteiger partial charge on any atom is 0.307 e. The van der Waals surface area contributed by atoms with E-state index in [-0.39, 0.29) is 5.97 Å². The molecule has 23 heavy (non-hydrogen) atoms. The summed E-state index contributed by atoms with van der Waals surface area (Å²) in [6, 6.07) is 6.66. The molecular weight excluding hydrogens is 288 g/mol. The number of nitrogens with zero attached hydrogens (tertiary/aromatic N) is 2. The number of carbonyl (C=O) groups excluding carboxylic acids is 1. The van der Waals surface area contributed by atoms with Gasteiger partial charge in [-0.3, -0.25) is 4.79 Å². The van der Waals surface area contributed by atoms with Crippen molar-refractivity contribution < 1.29 is 14.0 Å². The highest BCUT2D eigenvalue weighted by atomic mass is 16.5. The highest BCUT2D eigenvalue weighted by Gasteiger charge is 2.29. The number of esters is 1. The van der Waals surface area contributed by atoms with Crippen LogP contribution in [0.5, 0.6) is 0 Å². The number of aryl methyl sites for hydroxylation is 2. The molecular formula is C19H27N2O2+. The van der Waals surface area contributed by atoms with Crippen molar-refractivity contribution in [3.8, 4) is 0 Å². The van der Waals surface area contributed by atoms with E-state index in [9.17, 15) is 4.79 Å². The minimum absolute atomic E-state index is 0.109. The number of fused-ring (bicyclic) bond motifs is 3. The minimum Gasteiger partial charge on any atom is -0.466 e. The molecule has 4 nitrogen and oxygen atoms in total. The summed E-state index contributed by atoms with van der Waals surface area (Å²) in [7, 11) is 4.58. The first-order chi connectivity index (χ1) is 10.9. The molecule has 0 fully saturated rings. The zero-order valence-corrected chi connectivity index (χ0v) is 14.7. The number of ether oxygens (including phenoxy) is 1. The van der Waals surface area contributed by atoms with Crippen LogP contribution >= 0.6 is 0 Å². The summed E-state index contributed by atoms with van der Waals surface area (Å²) in [6.07, 6.45) is 1.51. The summed E-state index contributed by atoms with van der Waals surface area (Å²) in [4.78, 5) is 11.8. The zero-order valence-electron chi connectivity index (χ0n) is 14.7. The molecule has 0 aliphatic carbocycles. The molecule has 0 N–H and O–H groups in total. The van der Waals surface area contributed by atoms with Crippen molar-refractivity contribution in [1.82, 2.24) is 4.57 Å². The second-order valence-corrected chi connectivity index (χ2v) is 7.22. The van der Waals surface area contributed by atoms with Gasteiger partial charge >= 0.3 is 5.97 Å². The van der Waals surface area contributed by atoms with E-state index in [0.717, 1.165) is 24.0 Å². The molecule has 1 aliphatic heterocycles. The lowest BCUT2D eigenvalue weighted by Gasteiger charge is -2.34. The molecule has 124 valence electrons. The van der Waals surface area contributed by atoms with E-state index in [1.54, 1.807) is 0 Å². The van der Waals surface area contributed by atoms with Crippen LogP contribution in [0.3, 0.4) is 0 Å². The molecule has 0 unspecified atom stereocenters. The molecule has 0 spiro atoms. The molecule has 0 saturated carbocycles. The van der Waals surface area contributed by atoms with E-state index in [1.165, 1.54) is 27.7 Å². The lowest BCUT2D eigenvalue weighted by atomic mass is 10.0. The van der Waals surface area contributed by atoms with Gasteiger partial charge in [-0.15, -0.1) is 0 Å². The Hall–Kier alpha value is -1.81. The Morgan fingerprint density at radius 1 is 1.35 bits per heavy atom. The molecule has 0 radical (unpaired) electrons. The number of likely N-dealkylation sites (N-methyl/N-ethyl adjacent to an activating group) is 1. The van der Waals surface area contributed by atoms with Crippen LogP contribution in [-0.4, -0.2) is 42.3 Å². The second kappa shape index (κ2) is 6.00. The number of hydrogen-bond donors (Lipinski definition) is 0. The third-order valence-corrected chi connectivity index (χ3v) is 4.83. The summed E-state index contributed by atoms with van der Waals surface area (Å²) in [5.41, 5.74) is 5.42. The summed E-state index contributed by atoms with van der Waals surface area (Å²) in [6.45, 7) is 7.36. The van der Waals surface area contributed by atoms with Gasteiger partial charge in [0.25, 0.3) is 0 Å². The third kappa shape index (κ3) is 3.13. The summed E-state index contributed by atoms with van der Waals surface area (Å²) < 4.78 is 8.47. The van der Waals surface area contributed by atoms with Gasteiger partial charge in [-0.2, -0.15) is 0 Å². The Kier molecular flexibility index (Phi) is 4.19. The van der Waals surface area contributed by atoms with Gasteiger partial charge in [-0.05, 0) is 26.0 Å². The number of carbonyl (C=O) groups is 1. The fourth-order valence-electron chi connectivity index (χ4n) is 3.66.